The number of hydrogen-bond acceptors (Lipinski definition) is 4. The number of rotatable bonds is 4. The Bertz CT molecular complexity index is 1080. The fourth-order valence-corrected chi connectivity index (χ4v) is 3.85. The second kappa shape index (κ2) is 9.65. The van der Waals surface area contributed by atoms with Crippen LogP contribution in [0.2, 0.25) is 10.2 Å². The van der Waals surface area contributed by atoms with Crippen LogP contribution in [0.4, 0.5) is 4.39 Å². The average Bonchev–Trinajstić information content (AvgIpc) is 3.13. The van der Waals surface area contributed by atoms with Crippen LogP contribution in [-0.2, 0) is 15.2 Å². The Morgan fingerprint density at radius 1 is 1.25 bits per heavy atom. The standard InChI is InChI=1S/C11H9ClN2O3S.C7H5BrClF/c1-18(16,17)7-5-9(14-6-7)10(15)8-3-2-4-13-11(8)12;8-4-5-6(9)2-1-3-7(5)10/h2-6,14H,1H3;1-3H,4H2. The predicted octanol–water partition coefficient (Wildman–Crippen LogP) is 5.07. The first kappa shape index (κ1) is 22.5. The van der Waals surface area contributed by atoms with E-state index in [0.717, 1.165) is 6.26 Å². The van der Waals surface area contributed by atoms with Crippen LogP contribution < -0.4 is 0 Å². The van der Waals surface area contributed by atoms with Gasteiger partial charge in [-0.2, -0.15) is 0 Å². The quantitative estimate of drug-likeness (QED) is 0.303. The van der Waals surface area contributed by atoms with Crippen molar-refractivity contribution in [2.24, 2.45) is 0 Å². The molecule has 3 rings (SSSR count). The monoisotopic (exact) mass is 506 g/mol. The Morgan fingerprint density at radius 3 is 2.46 bits per heavy atom. The molecule has 10 heteroatoms. The number of hydrogen-bond donors (Lipinski definition) is 1. The number of carbonyl (C=O) groups excluding carboxylic acids is 1. The predicted molar refractivity (Wildman–Crippen MR) is 111 cm³/mol. The third kappa shape index (κ3) is 5.64. The van der Waals surface area contributed by atoms with Crippen LogP contribution >= 0.6 is 39.1 Å². The van der Waals surface area contributed by atoms with Crippen molar-refractivity contribution in [1.29, 1.82) is 0 Å². The van der Waals surface area contributed by atoms with Crippen molar-refractivity contribution in [3.63, 3.8) is 0 Å². The van der Waals surface area contributed by atoms with Gasteiger partial charge < -0.3 is 4.98 Å². The highest BCUT2D eigenvalue weighted by Crippen LogP contribution is 2.21. The van der Waals surface area contributed by atoms with Crippen LogP contribution in [0.25, 0.3) is 0 Å². The van der Waals surface area contributed by atoms with Gasteiger partial charge in [0.05, 0.1) is 16.2 Å². The number of alkyl halides is 1. The number of nitrogens with one attached hydrogen (secondary N) is 1. The van der Waals surface area contributed by atoms with Gasteiger partial charge in [0.1, 0.15) is 11.0 Å². The summed E-state index contributed by atoms with van der Waals surface area (Å²) in [6, 6.07) is 9.03. The van der Waals surface area contributed by atoms with Gasteiger partial charge in [-0.05, 0) is 30.3 Å². The highest BCUT2D eigenvalue weighted by molar-refractivity contribution is 9.08. The molecule has 0 aliphatic rings. The van der Waals surface area contributed by atoms with Crippen molar-refractivity contribution in [3.8, 4) is 0 Å². The van der Waals surface area contributed by atoms with Gasteiger partial charge in [-0.25, -0.2) is 17.8 Å². The first-order chi connectivity index (χ1) is 13.1. The molecular formula is C18H14BrCl2FN2O3S. The molecule has 0 aliphatic carbocycles. The number of sulfone groups is 1. The highest BCUT2D eigenvalue weighted by Gasteiger charge is 2.17. The van der Waals surface area contributed by atoms with Crippen LogP contribution in [0.5, 0.6) is 0 Å². The molecule has 5 nitrogen and oxygen atoms in total. The summed E-state index contributed by atoms with van der Waals surface area (Å²) in [5, 5.41) is 1.01. The van der Waals surface area contributed by atoms with Crippen LogP contribution in [0.1, 0.15) is 21.6 Å². The maximum Gasteiger partial charge on any atom is 0.212 e. The largest absolute Gasteiger partial charge is 0.357 e. The lowest BCUT2D eigenvalue weighted by Gasteiger charge is -1.99. The van der Waals surface area contributed by atoms with Crippen molar-refractivity contribution in [2.45, 2.75) is 10.2 Å². The van der Waals surface area contributed by atoms with E-state index >= 15 is 0 Å². The minimum absolute atomic E-state index is 0.0610. The fraction of sp³-hybridized carbons (Fsp3) is 0.111. The van der Waals surface area contributed by atoms with Crippen molar-refractivity contribution < 1.29 is 17.6 Å². The molecule has 2 aromatic heterocycles. The summed E-state index contributed by atoms with van der Waals surface area (Å²) in [5.74, 6) is -0.660. The van der Waals surface area contributed by atoms with Gasteiger partial charge in [0.2, 0.25) is 5.78 Å². The number of aromatic amines is 1. The van der Waals surface area contributed by atoms with Crippen LogP contribution in [0.15, 0.2) is 53.7 Å². The van der Waals surface area contributed by atoms with Gasteiger partial charge in [0.15, 0.2) is 9.84 Å². The Balaban J connectivity index is 0.000000237. The van der Waals surface area contributed by atoms with Crippen molar-refractivity contribution in [3.05, 3.63) is 81.6 Å². The summed E-state index contributed by atoms with van der Waals surface area (Å²) in [4.78, 5) is 18.5. The van der Waals surface area contributed by atoms with Crippen molar-refractivity contribution in [2.75, 3.05) is 6.26 Å². The molecule has 0 saturated heterocycles. The van der Waals surface area contributed by atoms with Crippen molar-refractivity contribution in [1.82, 2.24) is 9.97 Å². The number of H-pyrrole nitrogens is 1. The van der Waals surface area contributed by atoms with Gasteiger partial charge in [-0.15, -0.1) is 0 Å². The molecule has 0 atom stereocenters. The third-order valence-corrected chi connectivity index (χ3v) is 5.84. The summed E-state index contributed by atoms with van der Waals surface area (Å²) in [6.45, 7) is 0. The smallest absolute Gasteiger partial charge is 0.212 e. The summed E-state index contributed by atoms with van der Waals surface area (Å²) in [6.07, 6.45) is 3.81. The number of pyridine rings is 1. The second-order valence-electron chi connectivity index (χ2n) is 5.53. The van der Waals surface area contributed by atoms with E-state index in [4.69, 9.17) is 23.2 Å². The van der Waals surface area contributed by atoms with E-state index in [0.29, 0.717) is 15.9 Å². The SMILES string of the molecule is CS(=O)(=O)c1c[nH]c(C(=O)c2cccnc2Cl)c1.Fc1cccc(Cl)c1CBr. The number of nitrogens with zero attached hydrogens (tertiary/aromatic N) is 1. The molecule has 28 heavy (non-hydrogen) atoms. The summed E-state index contributed by atoms with van der Waals surface area (Å²) in [5.41, 5.74) is 0.899. The minimum Gasteiger partial charge on any atom is -0.357 e. The zero-order valence-electron chi connectivity index (χ0n) is 14.4. The topological polar surface area (TPSA) is 79.9 Å². The maximum absolute atomic E-state index is 12.7. The maximum atomic E-state index is 12.7. The lowest BCUT2D eigenvalue weighted by molar-refractivity contribution is 0.103. The van der Waals surface area contributed by atoms with Crippen molar-refractivity contribution >= 4 is 54.8 Å². The molecule has 1 N–H and O–H groups in total. The number of benzene rings is 1. The Labute approximate surface area is 180 Å². The second-order valence-corrected chi connectivity index (χ2v) is 8.87. The summed E-state index contributed by atoms with van der Waals surface area (Å²) >= 11 is 14.6. The van der Waals surface area contributed by atoms with E-state index in [1.54, 1.807) is 18.2 Å². The summed E-state index contributed by atoms with van der Waals surface area (Å²) < 4.78 is 35.3. The zero-order valence-corrected chi connectivity index (χ0v) is 18.3. The first-order valence-electron chi connectivity index (χ1n) is 7.67. The molecule has 0 spiro atoms. The number of aromatic nitrogens is 2. The van der Waals surface area contributed by atoms with Gasteiger partial charge in [-0.3, -0.25) is 4.79 Å². The fourth-order valence-electron chi connectivity index (χ4n) is 2.08. The highest BCUT2D eigenvalue weighted by atomic mass is 79.9. The van der Waals surface area contributed by atoms with E-state index in [1.807, 2.05) is 0 Å². The molecular weight excluding hydrogens is 494 g/mol. The first-order valence-corrected chi connectivity index (χ1v) is 11.4. The zero-order chi connectivity index (χ0) is 20.9. The van der Waals surface area contributed by atoms with Gasteiger partial charge in [-0.1, -0.05) is 45.2 Å². The van der Waals surface area contributed by atoms with E-state index in [2.05, 4.69) is 25.9 Å². The van der Waals surface area contributed by atoms with Crippen LogP contribution in [0.3, 0.4) is 0 Å². The Kier molecular flexibility index (Phi) is 7.77. The molecule has 3 aromatic rings. The summed E-state index contributed by atoms with van der Waals surface area (Å²) in [7, 11) is -3.34. The molecule has 1 aromatic carbocycles. The number of halogens is 4. The van der Waals surface area contributed by atoms with Crippen LogP contribution in [0, 0.1) is 5.82 Å². The van der Waals surface area contributed by atoms with E-state index < -0.39 is 15.6 Å². The molecule has 0 bridgehead atoms. The third-order valence-electron chi connectivity index (χ3n) is 3.53. The molecule has 0 amide bonds. The number of ketones is 1. The van der Waals surface area contributed by atoms with E-state index in [9.17, 15) is 17.6 Å². The molecule has 0 radical (unpaired) electrons. The average molecular weight is 508 g/mol. The molecule has 0 fully saturated rings. The van der Waals surface area contributed by atoms with Crippen LogP contribution in [-0.4, -0.2) is 30.4 Å². The number of carbonyl (C=O) groups is 1. The van der Waals surface area contributed by atoms with E-state index in [1.165, 1.54) is 30.6 Å². The van der Waals surface area contributed by atoms with E-state index in [-0.39, 0.29) is 27.1 Å². The Morgan fingerprint density at radius 2 is 1.96 bits per heavy atom. The molecule has 0 saturated carbocycles. The van der Waals surface area contributed by atoms with Gasteiger partial charge >= 0.3 is 0 Å². The Hall–Kier alpha value is -1.74. The molecule has 148 valence electrons. The normalized spacial score (nSPS) is 10.9. The lowest BCUT2D eigenvalue weighted by atomic mass is 10.1. The van der Waals surface area contributed by atoms with Gasteiger partial charge in [0, 0.05) is 34.6 Å². The minimum atomic E-state index is -3.34. The molecule has 0 aliphatic heterocycles. The van der Waals surface area contributed by atoms with Gasteiger partial charge in [0.25, 0.3) is 0 Å². The lowest BCUT2D eigenvalue weighted by Crippen LogP contribution is -2.03. The molecule has 0 unspecified atom stereocenters. The molecule has 2 heterocycles.